The number of benzene rings is 2. The zero-order chi connectivity index (χ0) is 13.9. The highest BCUT2D eigenvalue weighted by Crippen LogP contribution is 2.14. The molecular weight excluding hydrogens is 256 g/mol. The predicted molar refractivity (Wildman–Crippen MR) is 72.4 cm³/mol. The highest BCUT2D eigenvalue weighted by atomic mass is 16.4. The van der Waals surface area contributed by atoms with E-state index in [2.05, 4.69) is 5.10 Å². The minimum absolute atomic E-state index is 0.125. The molecule has 0 bridgehead atoms. The molecule has 0 spiro atoms. The van der Waals surface area contributed by atoms with Crippen LogP contribution < -0.4 is 5.76 Å². The summed E-state index contributed by atoms with van der Waals surface area (Å²) in [5.41, 5.74) is 1.02. The third-order valence-electron chi connectivity index (χ3n) is 2.78. The number of nitrogens with zero attached hydrogens (tertiary/aromatic N) is 2. The second kappa shape index (κ2) is 4.97. The third kappa shape index (κ3) is 2.16. The Bertz CT molecular complexity index is 789. The lowest BCUT2D eigenvalue weighted by atomic mass is 10.2. The number of aromatic nitrogens is 2. The van der Waals surface area contributed by atoms with E-state index >= 15 is 0 Å². The Kier molecular flexibility index (Phi) is 3.01. The van der Waals surface area contributed by atoms with Crippen molar-refractivity contribution in [2.45, 2.75) is 0 Å². The fourth-order valence-electron chi connectivity index (χ4n) is 1.81. The van der Waals surface area contributed by atoms with Crippen LogP contribution in [0, 0.1) is 0 Å². The van der Waals surface area contributed by atoms with Gasteiger partial charge in [-0.25, -0.2) is 4.79 Å². The average molecular weight is 266 g/mol. The molecule has 98 valence electrons. The van der Waals surface area contributed by atoms with E-state index in [4.69, 9.17) is 4.42 Å². The van der Waals surface area contributed by atoms with E-state index in [9.17, 15) is 9.59 Å². The minimum Gasteiger partial charge on any atom is -0.387 e. The van der Waals surface area contributed by atoms with Crippen LogP contribution in [0.2, 0.25) is 0 Å². The maximum Gasteiger partial charge on any atom is 0.445 e. The van der Waals surface area contributed by atoms with Gasteiger partial charge in [-0.1, -0.05) is 36.4 Å². The van der Waals surface area contributed by atoms with Gasteiger partial charge in [0.2, 0.25) is 5.89 Å². The van der Waals surface area contributed by atoms with Crippen molar-refractivity contribution < 1.29 is 9.21 Å². The summed E-state index contributed by atoms with van der Waals surface area (Å²) in [4.78, 5) is 23.9. The summed E-state index contributed by atoms with van der Waals surface area (Å²) in [7, 11) is 0. The van der Waals surface area contributed by atoms with Crippen molar-refractivity contribution >= 4 is 5.91 Å². The standard InChI is InChI=1S/C15H10N2O3/c18-14(12-9-5-2-6-10-12)17-15(19)20-13(16-17)11-7-3-1-4-8-11/h1-10H. The first-order valence-corrected chi connectivity index (χ1v) is 6.01. The summed E-state index contributed by atoms with van der Waals surface area (Å²) < 4.78 is 5.75. The molecule has 20 heavy (non-hydrogen) atoms. The van der Waals surface area contributed by atoms with Crippen LogP contribution in [0.3, 0.4) is 0 Å². The molecule has 0 N–H and O–H groups in total. The molecule has 0 amide bonds. The van der Waals surface area contributed by atoms with Crippen LogP contribution in [0.15, 0.2) is 69.9 Å². The number of hydrogen-bond acceptors (Lipinski definition) is 4. The van der Waals surface area contributed by atoms with E-state index in [0.717, 1.165) is 4.68 Å². The van der Waals surface area contributed by atoms with Gasteiger partial charge in [-0.2, -0.15) is 0 Å². The Labute approximate surface area is 114 Å². The summed E-state index contributed by atoms with van der Waals surface area (Å²) in [6.45, 7) is 0. The molecule has 3 rings (SSSR count). The van der Waals surface area contributed by atoms with Crippen LogP contribution in [0.1, 0.15) is 10.4 Å². The third-order valence-corrected chi connectivity index (χ3v) is 2.78. The Morgan fingerprint density at radius 2 is 1.55 bits per heavy atom. The summed E-state index contributed by atoms with van der Waals surface area (Å²) in [6, 6.07) is 17.4. The van der Waals surface area contributed by atoms with Gasteiger partial charge < -0.3 is 4.42 Å². The summed E-state index contributed by atoms with van der Waals surface area (Å²) in [5, 5.41) is 3.94. The molecule has 1 aromatic heterocycles. The van der Waals surface area contributed by atoms with Gasteiger partial charge >= 0.3 is 5.76 Å². The zero-order valence-corrected chi connectivity index (χ0v) is 10.4. The number of carbonyl (C=O) groups is 1. The molecule has 0 saturated carbocycles. The van der Waals surface area contributed by atoms with Crippen molar-refractivity contribution in [1.29, 1.82) is 0 Å². The van der Waals surface area contributed by atoms with E-state index in [1.807, 2.05) is 6.07 Å². The summed E-state index contributed by atoms with van der Waals surface area (Å²) >= 11 is 0. The fraction of sp³-hybridized carbons (Fsp3) is 0. The lowest BCUT2D eigenvalue weighted by Crippen LogP contribution is -2.24. The molecule has 0 saturated heterocycles. The van der Waals surface area contributed by atoms with Crippen LogP contribution in [0.25, 0.3) is 11.5 Å². The number of carbonyl (C=O) groups excluding carboxylic acids is 1. The van der Waals surface area contributed by atoms with E-state index in [1.54, 1.807) is 54.6 Å². The smallest absolute Gasteiger partial charge is 0.387 e. The maximum absolute atomic E-state index is 12.2. The molecule has 0 aliphatic rings. The first-order valence-electron chi connectivity index (χ1n) is 6.01. The van der Waals surface area contributed by atoms with Crippen LogP contribution in [-0.2, 0) is 0 Å². The Morgan fingerprint density at radius 1 is 0.950 bits per heavy atom. The summed E-state index contributed by atoms with van der Waals surface area (Å²) in [6.07, 6.45) is 0. The number of hydrogen-bond donors (Lipinski definition) is 0. The molecular formula is C15H10N2O3. The molecule has 0 unspecified atom stereocenters. The van der Waals surface area contributed by atoms with Gasteiger partial charge in [-0.3, -0.25) is 4.79 Å². The Hall–Kier alpha value is -2.95. The van der Waals surface area contributed by atoms with E-state index < -0.39 is 11.7 Å². The quantitative estimate of drug-likeness (QED) is 0.713. The van der Waals surface area contributed by atoms with Crippen molar-refractivity contribution in [1.82, 2.24) is 9.78 Å². The van der Waals surface area contributed by atoms with Gasteiger partial charge in [0.1, 0.15) is 0 Å². The van der Waals surface area contributed by atoms with Crippen molar-refractivity contribution in [3.05, 3.63) is 76.8 Å². The molecule has 5 heteroatoms. The van der Waals surface area contributed by atoms with Crippen molar-refractivity contribution in [2.24, 2.45) is 0 Å². The molecule has 0 radical (unpaired) electrons. The number of rotatable bonds is 2. The van der Waals surface area contributed by atoms with Crippen LogP contribution in [0.4, 0.5) is 0 Å². The predicted octanol–water partition coefficient (Wildman–Crippen LogP) is 2.19. The maximum atomic E-state index is 12.2. The van der Waals surface area contributed by atoms with E-state index in [0.29, 0.717) is 11.1 Å². The van der Waals surface area contributed by atoms with Crippen LogP contribution >= 0.6 is 0 Å². The normalized spacial score (nSPS) is 10.4. The molecule has 5 nitrogen and oxygen atoms in total. The van der Waals surface area contributed by atoms with Crippen molar-refractivity contribution in [3.8, 4) is 11.5 Å². The lowest BCUT2D eigenvalue weighted by molar-refractivity contribution is 0.0937. The van der Waals surface area contributed by atoms with Gasteiger partial charge in [0.15, 0.2) is 0 Å². The monoisotopic (exact) mass is 266 g/mol. The molecule has 3 aromatic rings. The first kappa shape index (κ1) is 12.1. The highest BCUT2D eigenvalue weighted by molar-refractivity contribution is 5.95. The second-order valence-corrected chi connectivity index (χ2v) is 4.12. The van der Waals surface area contributed by atoms with Crippen molar-refractivity contribution in [2.75, 3.05) is 0 Å². The molecule has 1 heterocycles. The zero-order valence-electron chi connectivity index (χ0n) is 10.4. The minimum atomic E-state index is -0.794. The lowest BCUT2D eigenvalue weighted by Gasteiger charge is -1.96. The Balaban J connectivity index is 2.03. The topological polar surface area (TPSA) is 65.1 Å². The molecule has 0 atom stereocenters. The van der Waals surface area contributed by atoms with Gasteiger partial charge in [0.05, 0.1) is 0 Å². The van der Waals surface area contributed by atoms with Gasteiger partial charge in [0.25, 0.3) is 5.91 Å². The van der Waals surface area contributed by atoms with E-state index in [1.165, 1.54) is 0 Å². The molecule has 0 aliphatic heterocycles. The van der Waals surface area contributed by atoms with Gasteiger partial charge in [-0.05, 0) is 24.3 Å². The van der Waals surface area contributed by atoms with Crippen LogP contribution in [0.5, 0.6) is 0 Å². The summed E-state index contributed by atoms with van der Waals surface area (Å²) in [5.74, 6) is -1.18. The SMILES string of the molecule is O=C(c1ccccc1)n1nc(-c2ccccc2)oc1=O. The van der Waals surface area contributed by atoms with E-state index in [-0.39, 0.29) is 5.89 Å². The highest BCUT2D eigenvalue weighted by Gasteiger charge is 2.17. The Morgan fingerprint density at radius 3 is 2.20 bits per heavy atom. The van der Waals surface area contributed by atoms with Gasteiger partial charge in [-0.15, -0.1) is 9.78 Å². The average Bonchev–Trinajstić information content (AvgIpc) is 2.90. The largest absolute Gasteiger partial charge is 0.445 e. The fourth-order valence-corrected chi connectivity index (χ4v) is 1.81. The molecule has 0 aliphatic carbocycles. The molecule has 2 aromatic carbocycles. The molecule has 0 fully saturated rings. The first-order chi connectivity index (χ1) is 9.75. The van der Waals surface area contributed by atoms with Gasteiger partial charge in [0, 0.05) is 11.1 Å². The van der Waals surface area contributed by atoms with Crippen LogP contribution in [-0.4, -0.2) is 15.7 Å². The van der Waals surface area contributed by atoms with Crippen molar-refractivity contribution in [3.63, 3.8) is 0 Å². The second-order valence-electron chi connectivity index (χ2n) is 4.12.